The van der Waals surface area contributed by atoms with E-state index in [1.165, 1.54) is 41.5 Å². The number of nitrogens with one attached hydrogen (secondary N) is 2. The highest BCUT2D eigenvalue weighted by Crippen LogP contribution is 2.12. The molecule has 1 heterocycles. The molecule has 0 radical (unpaired) electrons. The minimum Gasteiger partial charge on any atom is -0.459 e. The summed E-state index contributed by atoms with van der Waals surface area (Å²) in [5.41, 5.74) is 2.27. The molecule has 31 heavy (non-hydrogen) atoms. The summed E-state index contributed by atoms with van der Waals surface area (Å²) in [4.78, 5) is 38.5. The minimum atomic E-state index is -0.513. The largest absolute Gasteiger partial charge is 0.459 e. The standard InChI is InChI=1S/C23H22FN3O4/c1-16-4-2-5-19(12-16)26-21(28)13-25-22(29)15-27(23(30)20-6-3-11-31-20)14-17-7-9-18(24)10-8-17/h2-12H,13-15H2,1H3,(H,25,29)(H,26,28). The zero-order chi connectivity index (χ0) is 22.2. The first-order valence-corrected chi connectivity index (χ1v) is 9.61. The lowest BCUT2D eigenvalue weighted by atomic mass is 10.2. The fourth-order valence-corrected chi connectivity index (χ4v) is 2.90. The summed E-state index contributed by atoms with van der Waals surface area (Å²) in [5.74, 6) is -1.71. The topological polar surface area (TPSA) is 91.7 Å². The van der Waals surface area contributed by atoms with Gasteiger partial charge in [0.05, 0.1) is 12.8 Å². The van der Waals surface area contributed by atoms with E-state index in [0.29, 0.717) is 11.3 Å². The molecule has 0 fully saturated rings. The quantitative estimate of drug-likeness (QED) is 0.582. The maximum atomic E-state index is 13.2. The molecule has 0 saturated heterocycles. The number of nitrogens with zero attached hydrogens (tertiary/aromatic N) is 1. The van der Waals surface area contributed by atoms with E-state index in [9.17, 15) is 18.8 Å². The second kappa shape index (κ2) is 10.2. The number of amides is 3. The summed E-state index contributed by atoms with van der Waals surface area (Å²) in [7, 11) is 0. The Morgan fingerprint density at radius 3 is 2.45 bits per heavy atom. The van der Waals surface area contributed by atoms with E-state index in [2.05, 4.69) is 10.6 Å². The van der Waals surface area contributed by atoms with Crippen molar-refractivity contribution in [1.82, 2.24) is 10.2 Å². The molecule has 1 aromatic heterocycles. The number of furan rings is 1. The van der Waals surface area contributed by atoms with E-state index >= 15 is 0 Å². The summed E-state index contributed by atoms with van der Waals surface area (Å²) in [6, 6.07) is 16.0. The number of hydrogen-bond donors (Lipinski definition) is 2. The van der Waals surface area contributed by atoms with Gasteiger partial charge < -0.3 is 20.0 Å². The van der Waals surface area contributed by atoms with Gasteiger partial charge in [-0.25, -0.2) is 4.39 Å². The van der Waals surface area contributed by atoms with Crippen LogP contribution in [0.25, 0.3) is 0 Å². The zero-order valence-corrected chi connectivity index (χ0v) is 16.9. The number of rotatable bonds is 8. The number of halogens is 1. The molecule has 3 aromatic rings. The second-order valence-electron chi connectivity index (χ2n) is 6.96. The van der Waals surface area contributed by atoms with Crippen molar-refractivity contribution in [3.05, 3.63) is 89.6 Å². The third-order valence-electron chi connectivity index (χ3n) is 4.39. The molecular weight excluding hydrogens is 401 g/mol. The van der Waals surface area contributed by atoms with Gasteiger partial charge in [0.2, 0.25) is 11.8 Å². The van der Waals surface area contributed by atoms with Crippen LogP contribution in [-0.2, 0) is 16.1 Å². The van der Waals surface area contributed by atoms with Crippen molar-refractivity contribution in [3.63, 3.8) is 0 Å². The number of carbonyl (C=O) groups is 3. The molecule has 0 bridgehead atoms. The summed E-state index contributed by atoms with van der Waals surface area (Å²) >= 11 is 0. The molecule has 160 valence electrons. The Balaban J connectivity index is 1.60. The lowest BCUT2D eigenvalue weighted by Crippen LogP contribution is -2.42. The highest BCUT2D eigenvalue weighted by atomic mass is 19.1. The fourth-order valence-electron chi connectivity index (χ4n) is 2.90. The first kappa shape index (κ1) is 21.8. The molecule has 0 aliphatic rings. The van der Waals surface area contributed by atoms with Gasteiger partial charge in [-0.05, 0) is 54.4 Å². The molecule has 0 saturated carbocycles. The van der Waals surface area contributed by atoms with Crippen LogP contribution in [0.15, 0.2) is 71.3 Å². The molecule has 0 atom stereocenters. The Morgan fingerprint density at radius 1 is 1.00 bits per heavy atom. The molecule has 0 spiro atoms. The Kier molecular flexibility index (Phi) is 7.16. The van der Waals surface area contributed by atoms with Crippen LogP contribution in [0, 0.1) is 12.7 Å². The van der Waals surface area contributed by atoms with Crippen LogP contribution in [0.2, 0.25) is 0 Å². The first-order valence-electron chi connectivity index (χ1n) is 9.61. The average molecular weight is 423 g/mol. The second-order valence-corrected chi connectivity index (χ2v) is 6.96. The summed E-state index contributed by atoms with van der Waals surface area (Å²) < 4.78 is 18.3. The van der Waals surface area contributed by atoms with Crippen LogP contribution in [-0.4, -0.2) is 35.7 Å². The van der Waals surface area contributed by atoms with E-state index in [1.54, 1.807) is 12.1 Å². The van der Waals surface area contributed by atoms with Crippen molar-refractivity contribution in [3.8, 4) is 0 Å². The normalized spacial score (nSPS) is 10.4. The van der Waals surface area contributed by atoms with Crippen molar-refractivity contribution in [1.29, 1.82) is 0 Å². The molecule has 0 aliphatic heterocycles. The maximum absolute atomic E-state index is 13.2. The predicted molar refractivity (Wildman–Crippen MR) is 113 cm³/mol. The number of hydrogen-bond acceptors (Lipinski definition) is 4. The molecule has 2 aromatic carbocycles. The van der Waals surface area contributed by atoms with Gasteiger partial charge in [-0.15, -0.1) is 0 Å². The molecule has 8 heteroatoms. The number of carbonyl (C=O) groups excluding carboxylic acids is 3. The highest BCUT2D eigenvalue weighted by molar-refractivity contribution is 5.97. The Labute approximate surface area is 178 Å². The Hall–Kier alpha value is -3.94. The van der Waals surface area contributed by atoms with Crippen LogP contribution < -0.4 is 10.6 Å². The lowest BCUT2D eigenvalue weighted by Gasteiger charge is -2.21. The molecular formula is C23H22FN3O4. The van der Waals surface area contributed by atoms with E-state index < -0.39 is 17.6 Å². The van der Waals surface area contributed by atoms with Crippen molar-refractivity contribution in [2.75, 3.05) is 18.4 Å². The molecule has 3 rings (SSSR count). The van der Waals surface area contributed by atoms with Crippen LogP contribution in [0.3, 0.4) is 0 Å². The highest BCUT2D eigenvalue weighted by Gasteiger charge is 2.21. The number of aryl methyl sites for hydroxylation is 1. The van der Waals surface area contributed by atoms with Crippen LogP contribution in [0.4, 0.5) is 10.1 Å². The summed E-state index contributed by atoms with van der Waals surface area (Å²) in [6.45, 7) is 1.44. The van der Waals surface area contributed by atoms with Crippen molar-refractivity contribution in [2.45, 2.75) is 13.5 Å². The predicted octanol–water partition coefficient (Wildman–Crippen LogP) is 3.12. The van der Waals surface area contributed by atoms with Gasteiger partial charge >= 0.3 is 0 Å². The van der Waals surface area contributed by atoms with Gasteiger partial charge in [-0.2, -0.15) is 0 Å². The van der Waals surface area contributed by atoms with Gasteiger partial charge in [0.25, 0.3) is 5.91 Å². The van der Waals surface area contributed by atoms with Gasteiger partial charge in [-0.1, -0.05) is 24.3 Å². The summed E-state index contributed by atoms with van der Waals surface area (Å²) in [5, 5.41) is 5.20. The van der Waals surface area contributed by atoms with Crippen LogP contribution in [0.1, 0.15) is 21.7 Å². The Bertz CT molecular complexity index is 1050. The van der Waals surface area contributed by atoms with Crippen LogP contribution in [0.5, 0.6) is 0 Å². The average Bonchev–Trinajstić information content (AvgIpc) is 3.28. The molecule has 0 aliphatic carbocycles. The minimum absolute atomic E-state index is 0.0721. The smallest absolute Gasteiger partial charge is 0.290 e. The van der Waals surface area contributed by atoms with Gasteiger partial charge in [0, 0.05) is 12.2 Å². The van der Waals surface area contributed by atoms with Gasteiger partial charge in [0.1, 0.15) is 12.4 Å². The number of anilines is 1. The third-order valence-corrected chi connectivity index (χ3v) is 4.39. The van der Waals surface area contributed by atoms with E-state index in [4.69, 9.17) is 4.42 Å². The van der Waals surface area contributed by atoms with Crippen molar-refractivity contribution >= 4 is 23.4 Å². The van der Waals surface area contributed by atoms with E-state index in [1.807, 2.05) is 25.1 Å². The molecule has 7 nitrogen and oxygen atoms in total. The van der Waals surface area contributed by atoms with Gasteiger partial charge in [0.15, 0.2) is 5.76 Å². The first-order chi connectivity index (χ1) is 14.9. The SMILES string of the molecule is Cc1cccc(NC(=O)CNC(=O)CN(Cc2ccc(F)cc2)C(=O)c2ccco2)c1. The third kappa shape index (κ3) is 6.53. The molecule has 3 amide bonds. The van der Waals surface area contributed by atoms with E-state index in [0.717, 1.165) is 5.56 Å². The number of benzene rings is 2. The van der Waals surface area contributed by atoms with Gasteiger partial charge in [-0.3, -0.25) is 14.4 Å². The zero-order valence-electron chi connectivity index (χ0n) is 16.9. The van der Waals surface area contributed by atoms with Crippen molar-refractivity contribution < 1.29 is 23.2 Å². The Morgan fingerprint density at radius 2 is 1.77 bits per heavy atom. The lowest BCUT2D eigenvalue weighted by molar-refractivity contribution is -0.124. The molecule has 2 N–H and O–H groups in total. The fraction of sp³-hybridized carbons (Fsp3) is 0.174. The monoisotopic (exact) mass is 423 g/mol. The molecule has 0 unspecified atom stereocenters. The van der Waals surface area contributed by atoms with E-state index in [-0.39, 0.29) is 31.3 Å². The van der Waals surface area contributed by atoms with Crippen molar-refractivity contribution in [2.24, 2.45) is 0 Å². The maximum Gasteiger partial charge on any atom is 0.290 e. The van der Waals surface area contributed by atoms with Crippen LogP contribution >= 0.6 is 0 Å². The summed E-state index contributed by atoms with van der Waals surface area (Å²) in [6.07, 6.45) is 1.36.